The Bertz CT molecular complexity index is 1080. The molecule has 0 atom stereocenters. The number of ether oxygens (including phenoxy) is 1. The zero-order chi connectivity index (χ0) is 20.2. The highest BCUT2D eigenvalue weighted by molar-refractivity contribution is 5.49. The van der Waals surface area contributed by atoms with Crippen molar-refractivity contribution in [2.45, 2.75) is 20.3 Å². The zero-order valence-electron chi connectivity index (χ0n) is 16.3. The van der Waals surface area contributed by atoms with Gasteiger partial charge in [-0.3, -0.25) is 0 Å². The summed E-state index contributed by atoms with van der Waals surface area (Å²) in [6.07, 6.45) is 0.305. The van der Waals surface area contributed by atoms with Crippen LogP contribution in [0.3, 0.4) is 0 Å². The molecule has 0 N–H and O–H groups in total. The van der Waals surface area contributed by atoms with E-state index in [1.807, 2.05) is 26.0 Å². The van der Waals surface area contributed by atoms with Crippen molar-refractivity contribution in [3.63, 3.8) is 0 Å². The molecule has 0 amide bonds. The molecule has 0 aliphatic carbocycles. The quantitative estimate of drug-likeness (QED) is 0.678. The zero-order valence-corrected chi connectivity index (χ0v) is 16.3. The van der Waals surface area contributed by atoms with Crippen molar-refractivity contribution in [2.24, 2.45) is 5.41 Å². The van der Waals surface area contributed by atoms with Gasteiger partial charge in [0.25, 0.3) is 0 Å². The van der Waals surface area contributed by atoms with Gasteiger partial charge in [0.1, 0.15) is 11.6 Å². The minimum Gasteiger partial charge on any atom is -0.380 e. The highest BCUT2D eigenvalue weighted by Crippen LogP contribution is 2.39. The molecular weight excluding hydrogens is 376 g/mol. The monoisotopic (exact) mass is 397 g/mol. The molecule has 2 aliphatic heterocycles. The second kappa shape index (κ2) is 6.59. The van der Waals surface area contributed by atoms with E-state index < -0.39 is 11.6 Å². The van der Waals surface area contributed by atoms with Gasteiger partial charge < -0.3 is 9.64 Å². The Kier molecular flexibility index (Phi) is 4.13. The summed E-state index contributed by atoms with van der Waals surface area (Å²) in [6.45, 7) is 7.28. The van der Waals surface area contributed by atoms with Crippen molar-refractivity contribution in [3.05, 3.63) is 64.7 Å². The van der Waals surface area contributed by atoms with E-state index in [4.69, 9.17) is 9.72 Å². The summed E-state index contributed by atoms with van der Waals surface area (Å²) in [5, 5.41) is 4.53. The van der Waals surface area contributed by atoms with Gasteiger partial charge in [-0.15, -0.1) is 0 Å². The van der Waals surface area contributed by atoms with Gasteiger partial charge in [0.05, 0.1) is 24.3 Å². The summed E-state index contributed by atoms with van der Waals surface area (Å²) in [5.41, 5.74) is 2.74. The van der Waals surface area contributed by atoms with Crippen LogP contribution in [-0.2, 0) is 11.2 Å². The minimum atomic E-state index is -0.868. The first-order chi connectivity index (χ1) is 13.9. The Morgan fingerprint density at radius 1 is 1.00 bits per heavy atom. The van der Waals surface area contributed by atoms with Gasteiger partial charge in [-0.1, -0.05) is 6.07 Å². The summed E-state index contributed by atoms with van der Waals surface area (Å²) in [4.78, 5) is 11.6. The van der Waals surface area contributed by atoms with Crippen LogP contribution in [0.5, 0.6) is 0 Å². The van der Waals surface area contributed by atoms with E-state index >= 15 is 0 Å². The normalized spacial score (nSPS) is 17.3. The molecule has 1 spiro atoms. The van der Waals surface area contributed by atoms with Crippen molar-refractivity contribution < 1.29 is 13.5 Å². The second-order valence-corrected chi connectivity index (χ2v) is 8.11. The highest BCUT2D eigenvalue weighted by atomic mass is 19.2. The number of benzene rings is 1. The number of halogens is 2. The third kappa shape index (κ3) is 3.27. The summed E-state index contributed by atoms with van der Waals surface area (Å²) in [6, 6.07) is 7.80. The maximum absolute atomic E-state index is 13.6. The van der Waals surface area contributed by atoms with Gasteiger partial charge in [-0.05, 0) is 37.6 Å². The van der Waals surface area contributed by atoms with Gasteiger partial charge >= 0.3 is 0 Å². The van der Waals surface area contributed by atoms with Crippen LogP contribution in [0.15, 0.2) is 30.3 Å². The summed E-state index contributed by atoms with van der Waals surface area (Å²) in [7, 11) is 0. The Morgan fingerprint density at radius 2 is 1.76 bits per heavy atom. The molecule has 6 nitrogen and oxygen atoms in total. The fraction of sp³-hybridized carbons (Fsp3) is 0.381. The van der Waals surface area contributed by atoms with Crippen molar-refractivity contribution in [3.8, 4) is 5.82 Å². The van der Waals surface area contributed by atoms with Gasteiger partial charge in [0.2, 0.25) is 0 Å². The number of anilines is 1. The van der Waals surface area contributed by atoms with Crippen LogP contribution in [0, 0.1) is 30.9 Å². The van der Waals surface area contributed by atoms with Crippen LogP contribution in [0.1, 0.15) is 22.8 Å². The molecule has 5 rings (SSSR count). The predicted octanol–water partition coefficient (Wildman–Crippen LogP) is 2.98. The predicted molar refractivity (Wildman–Crippen MR) is 103 cm³/mol. The molecule has 2 saturated heterocycles. The Hall–Kier alpha value is -2.87. The smallest absolute Gasteiger partial charge is 0.159 e. The van der Waals surface area contributed by atoms with Crippen LogP contribution in [0.2, 0.25) is 0 Å². The molecule has 2 aliphatic rings. The molecule has 3 aromatic rings. The van der Waals surface area contributed by atoms with Crippen LogP contribution in [-0.4, -0.2) is 46.1 Å². The Balaban J connectivity index is 1.50. The third-order valence-corrected chi connectivity index (χ3v) is 5.51. The van der Waals surface area contributed by atoms with E-state index in [-0.39, 0.29) is 5.41 Å². The summed E-state index contributed by atoms with van der Waals surface area (Å²) >= 11 is 0. The standard InChI is InChI=1S/C21H21F2N5O/c1-13-5-14(2)28(26-13)20-8-19(27-9-21(10-27)11-29-12-21)24-18(25-20)7-15-3-4-16(22)17(23)6-15/h3-6,8H,7,9-12H2,1-2H3. The highest BCUT2D eigenvalue weighted by Gasteiger charge is 2.49. The molecule has 150 valence electrons. The molecule has 0 radical (unpaired) electrons. The van der Waals surface area contributed by atoms with Crippen molar-refractivity contribution in [1.82, 2.24) is 19.7 Å². The maximum Gasteiger partial charge on any atom is 0.159 e. The first kappa shape index (κ1) is 18.2. The number of hydrogen-bond donors (Lipinski definition) is 0. The number of rotatable bonds is 4. The van der Waals surface area contributed by atoms with E-state index in [0.717, 1.165) is 49.6 Å². The minimum absolute atomic E-state index is 0.254. The lowest BCUT2D eigenvalue weighted by atomic mass is 9.78. The van der Waals surface area contributed by atoms with Gasteiger partial charge in [0, 0.05) is 31.3 Å². The average molecular weight is 397 g/mol. The fourth-order valence-corrected chi connectivity index (χ4v) is 4.01. The largest absolute Gasteiger partial charge is 0.380 e. The molecule has 1 aromatic carbocycles. The van der Waals surface area contributed by atoms with E-state index in [9.17, 15) is 8.78 Å². The first-order valence-corrected chi connectivity index (χ1v) is 9.59. The van der Waals surface area contributed by atoms with Crippen LogP contribution in [0.4, 0.5) is 14.6 Å². The number of nitrogens with zero attached hydrogens (tertiary/aromatic N) is 5. The van der Waals surface area contributed by atoms with Crippen molar-refractivity contribution >= 4 is 5.82 Å². The lowest BCUT2D eigenvalue weighted by Crippen LogP contribution is -2.66. The van der Waals surface area contributed by atoms with Crippen LogP contribution >= 0.6 is 0 Å². The SMILES string of the molecule is Cc1cc(C)n(-c2cc(N3CC4(COC4)C3)nc(Cc3ccc(F)c(F)c3)n2)n1. The van der Waals surface area contributed by atoms with Gasteiger partial charge in [-0.25, -0.2) is 23.4 Å². The molecule has 2 fully saturated rings. The summed E-state index contributed by atoms with van der Waals surface area (Å²) < 4.78 is 34.1. The lowest BCUT2D eigenvalue weighted by molar-refractivity contribution is -0.127. The third-order valence-electron chi connectivity index (χ3n) is 5.51. The van der Waals surface area contributed by atoms with E-state index in [1.165, 1.54) is 6.07 Å². The Labute approximate surface area is 167 Å². The molecular formula is C21H21F2N5O. The van der Waals surface area contributed by atoms with E-state index in [1.54, 1.807) is 10.7 Å². The van der Waals surface area contributed by atoms with Crippen molar-refractivity contribution in [1.29, 1.82) is 0 Å². The van der Waals surface area contributed by atoms with Gasteiger partial charge in [-0.2, -0.15) is 5.10 Å². The number of aryl methyl sites for hydroxylation is 2. The molecule has 0 unspecified atom stereocenters. The molecule has 8 heteroatoms. The fourth-order valence-electron chi connectivity index (χ4n) is 4.01. The Morgan fingerprint density at radius 3 is 2.38 bits per heavy atom. The molecule has 0 bridgehead atoms. The lowest BCUT2D eigenvalue weighted by Gasteiger charge is -2.55. The average Bonchev–Trinajstić information content (AvgIpc) is 2.94. The number of hydrogen-bond acceptors (Lipinski definition) is 5. The summed E-state index contributed by atoms with van der Waals surface area (Å²) in [5.74, 6) is 0.302. The van der Waals surface area contributed by atoms with Crippen LogP contribution < -0.4 is 4.90 Å². The van der Waals surface area contributed by atoms with Crippen LogP contribution in [0.25, 0.3) is 5.82 Å². The molecule has 2 aromatic heterocycles. The molecule has 29 heavy (non-hydrogen) atoms. The first-order valence-electron chi connectivity index (χ1n) is 9.59. The molecule has 0 saturated carbocycles. The number of aromatic nitrogens is 4. The molecule has 4 heterocycles. The van der Waals surface area contributed by atoms with Gasteiger partial charge in [0.15, 0.2) is 17.5 Å². The van der Waals surface area contributed by atoms with E-state index in [0.29, 0.717) is 23.6 Å². The second-order valence-electron chi connectivity index (χ2n) is 8.11. The van der Waals surface area contributed by atoms with Crippen molar-refractivity contribution in [2.75, 3.05) is 31.2 Å². The van der Waals surface area contributed by atoms with E-state index in [2.05, 4.69) is 15.0 Å². The maximum atomic E-state index is 13.6. The topological polar surface area (TPSA) is 56.1 Å².